The maximum Gasteiger partial charge on any atom is 0.471 e. The second kappa shape index (κ2) is 6.85. The molecule has 0 heterocycles. The Hall–Kier alpha value is 1.38. The van der Waals surface area contributed by atoms with Crippen LogP contribution in [-0.2, 0) is 8.85 Å². The quantitative estimate of drug-likeness (QED) is 0.673. The minimum absolute atomic E-state index is 0.107. The van der Waals surface area contributed by atoms with E-state index < -0.39 is 8.56 Å². The van der Waals surface area contributed by atoms with Crippen molar-refractivity contribution in [3.05, 3.63) is 0 Å². The van der Waals surface area contributed by atoms with E-state index in [0.29, 0.717) is 0 Å². The van der Waals surface area contributed by atoms with E-state index in [1.165, 1.54) is 0 Å². The molecule has 64 valence electrons. The van der Waals surface area contributed by atoms with E-state index in [4.69, 9.17) is 8.85 Å². The van der Waals surface area contributed by atoms with Crippen LogP contribution in [0.3, 0.4) is 0 Å². The molecule has 0 spiro atoms. The third kappa shape index (κ3) is 5.60. The average molecular weight is 251 g/mol. The Morgan fingerprint density at radius 3 is 2.00 bits per heavy atom. The van der Waals surface area contributed by atoms with E-state index in [-0.39, 0.29) is 18.2 Å². The second-order valence-electron chi connectivity index (χ2n) is 2.44. The number of halogens is 1. The maximum atomic E-state index is 5.63. The molecule has 0 amide bonds. The van der Waals surface area contributed by atoms with Crippen LogP contribution in [0.1, 0.15) is 13.8 Å². The van der Waals surface area contributed by atoms with Crippen molar-refractivity contribution in [1.82, 2.24) is 0 Å². The molecule has 0 radical (unpaired) electrons. The Morgan fingerprint density at radius 2 is 1.73 bits per heavy atom. The molecule has 0 rings (SSSR count). The highest BCUT2D eigenvalue weighted by atomic mass is 79.9. The van der Waals surface area contributed by atoms with Crippen LogP contribution in [0, 0.1) is 0 Å². The molecule has 0 saturated heterocycles. The van der Waals surface area contributed by atoms with Crippen LogP contribution in [0.2, 0.25) is 10.7 Å². The lowest BCUT2D eigenvalue weighted by Crippen LogP contribution is -2.39. The summed E-state index contributed by atoms with van der Waals surface area (Å²) in [6.45, 7) is 7.77. The van der Waals surface area contributed by atoms with Gasteiger partial charge in [0.25, 0.3) is 0 Å². The van der Waals surface area contributed by atoms with Crippen LogP contribution in [0.25, 0.3) is 0 Å². The molecule has 2 nitrogen and oxygen atoms in total. The molecule has 0 aliphatic heterocycles. The second-order valence-corrected chi connectivity index (χ2v) is 10.0. The van der Waals surface area contributed by atoms with Crippen LogP contribution in [-0.4, -0.2) is 40.0 Å². The van der Waals surface area contributed by atoms with E-state index >= 15 is 0 Å². The molecular weight excluding hydrogens is 236 g/mol. The highest BCUT2D eigenvalue weighted by Crippen LogP contribution is 2.13. The van der Waals surface area contributed by atoms with Gasteiger partial charge in [-0.15, -0.1) is 0 Å². The summed E-state index contributed by atoms with van der Waals surface area (Å²) in [4.78, 5) is 0. The Kier molecular flexibility index (Phi) is 7.71. The van der Waals surface area contributed by atoms with Crippen molar-refractivity contribution in [3.63, 3.8) is 0 Å². The number of rotatable bonds is 6. The first-order chi connectivity index (χ1) is 5.18. The van der Waals surface area contributed by atoms with Gasteiger partial charge < -0.3 is 21.7 Å². The van der Waals surface area contributed by atoms with Gasteiger partial charge in [0.05, 0.1) is 0 Å². The Balaban J connectivity index is 3.79. The van der Waals surface area contributed by atoms with Crippen LogP contribution >= 0.6 is 12.9 Å². The van der Waals surface area contributed by atoms with E-state index in [0.717, 1.165) is 17.4 Å². The van der Waals surface area contributed by atoms with Crippen molar-refractivity contribution < 1.29 is 8.85 Å². The maximum absolute atomic E-state index is 5.63. The molecule has 0 atom stereocenters. The Bertz CT molecular complexity index is 87.6. The third-order valence-corrected chi connectivity index (χ3v) is 11.2. The SMILES string of the molecule is CCO[Si](C)([CH2][Mg][Br])OCC. The molecule has 0 aromatic rings. The normalized spacial score (nSPS) is 11.3. The lowest BCUT2D eigenvalue weighted by Gasteiger charge is -2.25. The standard InChI is InChI=1S/C6H15O2Si.BrH.Mg/c1-5-7-9(3,4)8-6-2;;/h3,5-6H2,1-2,4H3;1H;/q;;+1/p-1. The van der Waals surface area contributed by atoms with Gasteiger partial charge in [-0.05, 0) is 20.4 Å². The number of hydrogen-bond acceptors (Lipinski definition) is 2. The molecule has 0 N–H and O–H groups in total. The molecule has 0 saturated carbocycles. The van der Waals surface area contributed by atoms with Crippen molar-refractivity contribution in [3.8, 4) is 0 Å². The van der Waals surface area contributed by atoms with Gasteiger partial charge in [-0.1, -0.05) is 4.17 Å². The largest absolute Gasteiger partial charge is 0.471 e. The first-order valence-electron chi connectivity index (χ1n) is 4.02. The molecular formula is C6H15BrMgO2Si. The number of hydrogen-bond donors (Lipinski definition) is 0. The summed E-state index contributed by atoms with van der Waals surface area (Å²) in [5.41, 5.74) is 0. The fourth-order valence-electron chi connectivity index (χ4n) is 0.968. The van der Waals surface area contributed by atoms with Crippen molar-refractivity contribution in [1.29, 1.82) is 0 Å². The van der Waals surface area contributed by atoms with Gasteiger partial charge in [0, 0.05) is 13.2 Å². The van der Waals surface area contributed by atoms with Gasteiger partial charge in [-0.2, -0.15) is 0 Å². The molecule has 0 bridgehead atoms. The van der Waals surface area contributed by atoms with Gasteiger partial charge in [-0.3, -0.25) is 0 Å². The Labute approximate surface area is 85.9 Å². The summed E-state index contributed by atoms with van der Waals surface area (Å²) in [6, 6.07) is 0. The fourth-order valence-corrected chi connectivity index (χ4v) is 11.3. The lowest BCUT2D eigenvalue weighted by atomic mass is 10.9. The molecule has 11 heavy (non-hydrogen) atoms. The first-order valence-corrected chi connectivity index (χ1v) is 11.4. The predicted molar refractivity (Wildman–Crippen MR) is 54.4 cm³/mol. The third-order valence-electron chi connectivity index (χ3n) is 1.45. The van der Waals surface area contributed by atoms with Gasteiger partial charge in [-0.25, -0.2) is 0 Å². The van der Waals surface area contributed by atoms with Crippen molar-refractivity contribution >= 4 is 39.6 Å². The summed E-state index contributed by atoms with van der Waals surface area (Å²) in [7, 11) is -1.73. The summed E-state index contributed by atoms with van der Waals surface area (Å²) < 4.78 is 12.4. The van der Waals surface area contributed by atoms with Crippen LogP contribution in [0.5, 0.6) is 0 Å². The van der Waals surface area contributed by atoms with E-state index in [1.807, 2.05) is 13.8 Å². The van der Waals surface area contributed by atoms with Gasteiger partial charge in [0.1, 0.15) is 0 Å². The van der Waals surface area contributed by atoms with Gasteiger partial charge in [0.15, 0.2) is 0 Å². The van der Waals surface area contributed by atoms with E-state index in [1.54, 1.807) is 0 Å². The van der Waals surface area contributed by atoms with Crippen molar-refractivity contribution in [2.75, 3.05) is 13.2 Å². The Morgan fingerprint density at radius 1 is 1.27 bits per heavy atom. The van der Waals surface area contributed by atoms with Gasteiger partial charge >= 0.3 is 26.8 Å². The summed E-state index contributed by atoms with van der Waals surface area (Å²) in [5.74, 6) is 0. The minimum Gasteiger partial charge on any atom is -0.396 e. The molecule has 0 aliphatic rings. The van der Waals surface area contributed by atoms with E-state index in [9.17, 15) is 0 Å². The molecule has 0 aromatic heterocycles. The van der Waals surface area contributed by atoms with Crippen molar-refractivity contribution in [2.24, 2.45) is 0 Å². The molecule has 0 unspecified atom stereocenters. The minimum atomic E-state index is -1.73. The van der Waals surface area contributed by atoms with Gasteiger partial charge in [0.2, 0.25) is 0 Å². The van der Waals surface area contributed by atoms with Crippen molar-refractivity contribution in [2.45, 2.75) is 24.6 Å². The fraction of sp³-hybridized carbons (Fsp3) is 1.00. The lowest BCUT2D eigenvalue weighted by molar-refractivity contribution is 0.193. The smallest absolute Gasteiger partial charge is 0.396 e. The van der Waals surface area contributed by atoms with E-state index in [2.05, 4.69) is 19.4 Å². The highest BCUT2D eigenvalue weighted by Gasteiger charge is 2.29. The summed E-state index contributed by atoms with van der Waals surface area (Å²) in [6.07, 6.45) is 0. The van der Waals surface area contributed by atoms with Crippen LogP contribution in [0.4, 0.5) is 0 Å². The average Bonchev–Trinajstić information content (AvgIpc) is 1.88. The molecule has 5 heteroatoms. The monoisotopic (exact) mass is 250 g/mol. The zero-order valence-corrected chi connectivity index (χ0v) is 11.5. The highest BCUT2D eigenvalue weighted by molar-refractivity contribution is 9.23. The first kappa shape index (κ1) is 12.4. The van der Waals surface area contributed by atoms with Crippen LogP contribution < -0.4 is 0 Å². The summed E-state index contributed by atoms with van der Waals surface area (Å²) >= 11 is 3.43. The molecule has 0 aliphatic carbocycles. The molecule has 0 fully saturated rings. The zero-order valence-electron chi connectivity index (χ0n) is 7.52. The topological polar surface area (TPSA) is 18.5 Å². The molecule has 0 aromatic carbocycles. The summed E-state index contributed by atoms with van der Waals surface area (Å²) in [5, 5.41) is 0. The predicted octanol–water partition coefficient (Wildman–Crippen LogP) is 2.10. The van der Waals surface area contributed by atoms with Crippen LogP contribution in [0.15, 0.2) is 0 Å². The zero-order chi connectivity index (χ0) is 8.74.